The van der Waals surface area contributed by atoms with Crippen LogP contribution in [0.15, 0.2) is 30.3 Å². The van der Waals surface area contributed by atoms with Crippen LogP contribution in [0, 0.1) is 5.92 Å². The monoisotopic (exact) mass is 237 g/mol. The number of hydrogen-bond donors (Lipinski definition) is 1. The van der Waals surface area contributed by atoms with Gasteiger partial charge in [0, 0.05) is 6.54 Å². The summed E-state index contributed by atoms with van der Waals surface area (Å²) in [5.74, 6) is 4.50. The first-order valence-electron chi connectivity index (χ1n) is 5.91. The van der Waals surface area contributed by atoms with Gasteiger partial charge >= 0.3 is 0 Å². The van der Waals surface area contributed by atoms with Crippen molar-refractivity contribution < 1.29 is 4.74 Å². The molecule has 16 heavy (non-hydrogen) atoms. The minimum Gasteiger partial charge on any atom is -0.492 e. The Kier molecular flexibility index (Phi) is 5.03. The van der Waals surface area contributed by atoms with Gasteiger partial charge in [-0.1, -0.05) is 18.2 Å². The Morgan fingerprint density at radius 2 is 2.19 bits per heavy atom. The molecule has 2 nitrogen and oxygen atoms in total. The van der Waals surface area contributed by atoms with E-state index in [1.807, 2.05) is 30.3 Å². The van der Waals surface area contributed by atoms with Gasteiger partial charge in [-0.3, -0.25) is 0 Å². The maximum Gasteiger partial charge on any atom is 0.119 e. The highest BCUT2D eigenvalue weighted by Gasteiger charge is 2.14. The summed E-state index contributed by atoms with van der Waals surface area (Å²) in [5, 5.41) is 3.46. The zero-order chi connectivity index (χ0) is 11.1. The van der Waals surface area contributed by atoms with Gasteiger partial charge in [-0.05, 0) is 42.5 Å². The lowest BCUT2D eigenvalue weighted by Crippen LogP contribution is -2.27. The van der Waals surface area contributed by atoms with Gasteiger partial charge in [0.25, 0.3) is 0 Å². The molecule has 88 valence electrons. The van der Waals surface area contributed by atoms with E-state index >= 15 is 0 Å². The van der Waals surface area contributed by atoms with Crippen molar-refractivity contribution in [2.45, 2.75) is 6.42 Å². The first-order chi connectivity index (χ1) is 7.95. The predicted octanol–water partition coefficient (Wildman–Crippen LogP) is 2.41. The Bertz CT molecular complexity index is 285. The molecule has 0 amide bonds. The molecular formula is C13H19NOS. The molecule has 1 aromatic rings. The predicted molar refractivity (Wildman–Crippen MR) is 70.2 cm³/mol. The molecule has 1 saturated heterocycles. The fourth-order valence-corrected chi connectivity index (χ4v) is 3.09. The quantitative estimate of drug-likeness (QED) is 0.768. The van der Waals surface area contributed by atoms with Crippen LogP contribution >= 0.6 is 11.8 Å². The van der Waals surface area contributed by atoms with Crippen molar-refractivity contribution in [3.05, 3.63) is 30.3 Å². The average molecular weight is 237 g/mol. The van der Waals surface area contributed by atoms with Gasteiger partial charge in [0.05, 0.1) is 0 Å². The fourth-order valence-electron chi connectivity index (χ4n) is 1.81. The van der Waals surface area contributed by atoms with Crippen molar-refractivity contribution in [1.82, 2.24) is 5.32 Å². The molecule has 0 aromatic heterocycles. The third-order valence-corrected chi connectivity index (χ3v) is 3.98. The van der Waals surface area contributed by atoms with E-state index in [9.17, 15) is 0 Å². The molecule has 1 aromatic carbocycles. The van der Waals surface area contributed by atoms with Crippen molar-refractivity contribution in [3.8, 4) is 5.75 Å². The molecule has 0 spiro atoms. The number of thioether (sulfide) groups is 1. The molecule has 1 heterocycles. The number of para-hydroxylation sites is 1. The Balaban J connectivity index is 1.52. The van der Waals surface area contributed by atoms with Gasteiger partial charge < -0.3 is 10.1 Å². The first kappa shape index (κ1) is 11.8. The van der Waals surface area contributed by atoms with E-state index in [0.717, 1.165) is 31.4 Å². The van der Waals surface area contributed by atoms with Crippen molar-refractivity contribution >= 4 is 11.8 Å². The standard InChI is InChI=1S/C13H19NOS/c1-2-4-13(5-3-1)15-8-7-14-10-12-6-9-16-11-12/h1-5,12,14H,6-11H2. The van der Waals surface area contributed by atoms with Crippen molar-refractivity contribution in [2.24, 2.45) is 5.92 Å². The number of rotatable bonds is 6. The van der Waals surface area contributed by atoms with Crippen LogP contribution in [-0.4, -0.2) is 31.2 Å². The maximum atomic E-state index is 5.60. The van der Waals surface area contributed by atoms with Crippen LogP contribution in [0.3, 0.4) is 0 Å². The lowest BCUT2D eigenvalue weighted by molar-refractivity contribution is 0.310. The summed E-state index contributed by atoms with van der Waals surface area (Å²) in [4.78, 5) is 0. The van der Waals surface area contributed by atoms with Crippen molar-refractivity contribution in [2.75, 3.05) is 31.2 Å². The van der Waals surface area contributed by atoms with E-state index in [4.69, 9.17) is 4.74 Å². The molecule has 0 radical (unpaired) electrons. The molecule has 1 aliphatic heterocycles. The van der Waals surface area contributed by atoms with Gasteiger partial charge in [0.15, 0.2) is 0 Å². The van der Waals surface area contributed by atoms with Crippen molar-refractivity contribution in [1.29, 1.82) is 0 Å². The lowest BCUT2D eigenvalue weighted by atomic mass is 10.1. The van der Waals surface area contributed by atoms with Crippen LogP contribution < -0.4 is 10.1 Å². The zero-order valence-electron chi connectivity index (χ0n) is 9.52. The van der Waals surface area contributed by atoms with Crippen molar-refractivity contribution in [3.63, 3.8) is 0 Å². The van der Waals surface area contributed by atoms with Gasteiger partial charge in [0.1, 0.15) is 12.4 Å². The van der Waals surface area contributed by atoms with Gasteiger partial charge in [0.2, 0.25) is 0 Å². The molecule has 1 N–H and O–H groups in total. The van der Waals surface area contributed by atoms with Crippen LogP contribution in [-0.2, 0) is 0 Å². The van der Waals surface area contributed by atoms with Crippen LogP contribution in [0.25, 0.3) is 0 Å². The minimum absolute atomic E-state index is 0.754. The highest BCUT2D eigenvalue weighted by molar-refractivity contribution is 7.99. The lowest BCUT2D eigenvalue weighted by Gasteiger charge is -2.10. The smallest absolute Gasteiger partial charge is 0.119 e. The second kappa shape index (κ2) is 6.81. The Hall–Kier alpha value is -0.670. The molecule has 0 bridgehead atoms. The van der Waals surface area contributed by atoms with E-state index in [1.54, 1.807) is 0 Å². The molecule has 3 heteroatoms. The SMILES string of the molecule is c1ccc(OCCNCC2CCSC2)cc1. The molecule has 0 saturated carbocycles. The summed E-state index contributed by atoms with van der Waals surface area (Å²) in [6.07, 6.45) is 1.37. The summed E-state index contributed by atoms with van der Waals surface area (Å²) >= 11 is 2.07. The Morgan fingerprint density at radius 1 is 1.31 bits per heavy atom. The normalized spacial score (nSPS) is 19.9. The molecule has 0 aliphatic carbocycles. The largest absolute Gasteiger partial charge is 0.492 e. The second-order valence-electron chi connectivity index (χ2n) is 4.10. The molecular weight excluding hydrogens is 218 g/mol. The maximum absolute atomic E-state index is 5.60. The van der Waals surface area contributed by atoms with Gasteiger partial charge in [-0.25, -0.2) is 0 Å². The number of benzene rings is 1. The van der Waals surface area contributed by atoms with E-state index in [1.165, 1.54) is 17.9 Å². The summed E-state index contributed by atoms with van der Waals surface area (Å²) in [7, 11) is 0. The summed E-state index contributed by atoms with van der Waals surface area (Å²) in [6.45, 7) is 2.84. The van der Waals surface area contributed by atoms with E-state index < -0.39 is 0 Å². The minimum atomic E-state index is 0.754. The Labute approximate surface area is 102 Å². The molecule has 2 rings (SSSR count). The number of hydrogen-bond acceptors (Lipinski definition) is 3. The number of nitrogens with one attached hydrogen (secondary N) is 1. The zero-order valence-corrected chi connectivity index (χ0v) is 10.3. The van der Waals surface area contributed by atoms with E-state index in [-0.39, 0.29) is 0 Å². The second-order valence-corrected chi connectivity index (χ2v) is 5.25. The molecule has 1 unspecified atom stereocenters. The van der Waals surface area contributed by atoms with Gasteiger partial charge in [-0.2, -0.15) is 11.8 Å². The fraction of sp³-hybridized carbons (Fsp3) is 0.538. The van der Waals surface area contributed by atoms with Crippen LogP contribution in [0.2, 0.25) is 0 Å². The number of ether oxygens (including phenoxy) is 1. The van der Waals surface area contributed by atoms with Gasteiger partial charge in [-0.15, -0.1) is 0 Å². The molecule has 1 fully saturated rings. The summed E-state index contributed by atoms with van der Waals surface area (Å²) in [6, 6.07) is 9.99. The third-order valence-electron chi connectivity index (χ3n) is 2.75. The highest BCUT2D eigenvalue weighted by Crippen LogP contribution is 2.22. The average Bonchev–Trinajstić information content (AvgIpc) is 2.83. The third kappa shape index (κ3) is 4.06. The van der Waals surface area contributed by atoms with Crippen LogP contribution in [0.4, 0.5) is 0 Å². The first-order valence-corrected chi connectivity index (χ1v) is 7.07. The topological polar surface area (TPSA) is 21.3 Å². The summed E-state index contributed by atoms with van der Waals surface area (Å²) < 4.78 is 5.60. The Morgan fingerprint density at radius 3 is 2.94 bits per heavy atom. The highest BCUT2D eigenvalue weighted by atomic mass is 32.2. The van der Waals surface area contributed by atoms with Crippen LogP contribution in [0.5, 0.6) is 5.75 Å². The molecule has 1 aliphatic rings. The van der Waals surface area contributed by atoms with E-state index in [2.05, 4.69) is 17.1 Å². The molecule has 1 atom stereocenters. The summed E-state index contributed by atoms with van der Waals surface area (Å²) in [5.41, 5.74) is 0. The van der Waals surface area contributed by atoms with E-state index in [0.29, 0.717) is 0 Å². The van der Waals surface area contributed by atoms with Crippen LogP contribution in [0.1, 0.15) is 6.42 Å².